The van der Waals surface area contributed by atoms with Crippen LogP contribution in [0, 0.1) is 0 Å². The third kappa shape index (κ3) is 16.0. The van der Waals surface area contributed by atoms with E-state index in [9.17, 15) is 4.79 Å². The highest BCUT2D eigenvalue weighted by Crippen LogP contribution is 1.54. The van der Waals surface area contributed by atoms with E-state index in [2.05, 4.69) is 18.3 Å². The highest BCUT2D eigenvalue weighted by Gasteiger charge is 1.79. The van der Waals surface area contributed by atoms with Gasteiger partial charge in [-0.05, 0) is 6.08 Å². The summed E-state index contributed by atoms with van der Waals surface area (Å²) in [7, 11) is 0. The molecule has 2 amide bonds. The van der Waals surface area contributed by atoms with Crippen molar-refractivity contribution in [1.29, 1.82) is 0 Å². The van der Waals surface area contributed by atoms with E-state index in [4.69, 9.17) is 4.79 Å². The zero-order chi connectivity index (χ0) is 8.41. The Morgan fingerprint density at radius 2 is 1.90 bits per heavy atom. The Morgan fingerprint density at radius 1 is 1.50 bits per heavy atom. The fourth-order valence-electron chi connectivity index (χ4n) is 0.0589. The van der Waals surface area contributed by atoms with Crippen LogP contribution in [-0.2, 0) is 9.59 Å². The van der Waals surface area contributed by atoms with Crippen LogP contribution in [0.1, 0.15) is 0 Å². The monoisotopic (exact) mass is 146 g/mol. The van der Waals surface area contributed by atoms with Crippen molar-refractivity contribution in [2.45, 2.75) is 0 Å². The highest BCUT2D eigenvalue weighted by molar-refractivity contribution is 5.86. The number of nitrogens with two attached hydrogens (primary N) is 2. The van der Waals surface area contributed by atoms with Crippen LogP contribution in [0.5, 0.6) is 0 Å². The first-order valence-corrected chi connectivity index (χ1v) is 2.25. The van der Waals surface area contributed by atoms with Gasteiger partial charge >= 0.3 is 0 Å². The molecule has 6 heteroatoms. The number of amides is 2. The summed E-state index contributed by atoms with van der Waals surface area (Å²) in [5.41, 5.74) is 3.61. The van der Waals surface area contributed by atoms with Gasteiger partial charge in [-0.1, -0.05) is 6.58 Å². The molecule has 0 aliphatic carbocycles. The fraction of sp³-hybridized carbons (Fsp3) is 0. The molecule has 0 fully saturated rings. The van der Waals surface area contributed by atoms with Gasteiger partial charge in [-0.2, -0.15) is 0 Å². The zero-order valence-corrected chi connectivity index (χ0v) is 5.33. The van der Waals surface area contributed by atoms with Crippen molar-refractivity contribution in [2.75, 3.05) is 0 Å². The quantitative estimate of drug-likeness (QED) is 0.116. The van der Waals surface area contributed by atoms with Gasteiger partial charge in [0.2, 0.25) is 6.41 Å². The molecule has 0 aliphatic rings. The van der Waals surface area contributed by atoms with Crippen molar-refractivity contribution >= 4 is 12.3 Å². The summed E-state index contributed by atoms with van der Waals surface area (Å²) < 4.78 is 0. The molecule has 0 unspecified atom stereocenters. The van der Waals surface area contributed by atoms with E-state index in [0.29, 0.717) is 6.41 Å². The standard InChI is InChI=1S/C3H6N2O.CH4N2O/c1-2-3(6)5-4;2-3-1-4/h2H,1,4H2,(H,5,6);1H,2H2,(H,3,4). The Kier molecular flexibility index (Phi) is 12.0. The lowest BCUT2D eigenvalue weighted by Gasteiger charge is -1.82. The van der Waals surface area contributed by atoms with Gasteiger partial charge in [-0.3, -0.25) is 20.4 Å². The summed E-state index contributed by atoms with van der Waals surface area (Å²) in [4.78, 5) is 18.8. The van der Waals surface area contributed by atoms with E-state index in [1.807, 2.05) is 5.43 Å². The van der Waals surface area contributed by atoms with Crippen molar-refractivity contribution in [2.24, 2.45) is 11.7 Å². The second-order valence-corrected chi connectivity index (χ2v) is 0.997. The van der Waals surface area contributed by atoms with Crippen LogP contribution >= 0.6 is 0 Å². The third-order valence-electron chi connectivity index (χ3n) is 0.396. The first-order valence-electron chi connectivity index (χ1n) is 2.25. The molecule has 0 atom stereocenters. The van der Waals surface area contributed by atoms with Crippen LogP contribution in [0.4, 0.5) is 0 Å². The maximum Gasteiger partial charge on any atom is 0.257 e. The maximum absolute atomic E-state index is 9.83. The van der Waals surface area contributed by atoms with E-state index in [-0.39, 0.29) is 5.91 Å². The average molecular weight is 146 g/mol. The van der Waals surface area contributed by atoms with Gasteiger partial charge in [0.25, 0.3) is 5.91 Å². The summed E-state index contributed by atoms with van der Waals surface area (Å²) in [6.07, 6.45) is 1.50. The van der Waals surface area contributed by atoms with Crippen molar-refractivity contribution in [3.8, 4) is 0 Å². The van der Waals surface area contributed by atoms with E-state index >= 15 is 0 Å². The average Bonchev–Trinajstić information content (AvgIpc) is 2.03. The van der Waals surface area contributed by atoms with Crippen LogP contribution in [-0.4, -0.2) is 12.3 Å². The summed E-state index contributed by atoms with van der Waals surface area (Å²) in [6.45, 7) is 3.14. The molecule has 6 N–H and O–H groups in total. The van der Waals surface area contributed by atoms with Crippen molar-refractivity contribution in [3.63, 3.8) is 0 Å². The van der Waals surface area contributed by atoms with Crippen LogP contribution in [0.2, 0.25) is 0 Å². The van der Waals surface area contributed by atoms with Gasteiger partial charge in [0, 0.05) is 0 Å². The first-order chi connectivity index (χ1) is 4.72. The minimum atomic E-state index is -0.366. The lowest BCUT2D eigenvalue weighted by atomic mass is 10.6. The molecule has 0 radical (unpaired) electrons. The van der Waals surface area contributed by atoms with Crippen LogP contribution in [0.3, 0.4) is 0 Å². The first kappa shape index (κ1) is 11.4. The van der Waals surface area contributed by atoms with Gasteiger partial charge in [0.1, 0.15) is 0 Å². The Labute approximate surface area is 58.2 Å². The van der Waals surface area contributed by atoms with Gasteiger partial charge < -0.3 is 0 Å². The molecule has 0 spiro atoms. The van der Waals surface area contributed by atoms with E-state index in [0.717, 1.165) is 6.08 Å². The Hall–Kier alpha value is -1.40. The summed E-state index contributed by atoms with van der Waals surface area (Å²) in [6, 6.07) is 0. The van der Waals surface area contributed by atoms with Crippen LogP contribution in [0.25, 0.3) is 0 Å². The SMILES string of the molecule is C=CC(=O)NN.NNC=O. The number of nitrogens with one attached hydrogen (secondary N) is 2. The van der Waals surface area contributed by atoms with Crippen molar-refractivity contribution in [3.05, 3.63) is 12.7 Å². The predicted molar refractivity (Wildman–Crippen MR) is 35.9 cm³/mol. The molecule has 0 bridgehead atoms. The maximum atomic E-state index is 9.83. The molecule has 0 aromatic carbocycles. The molecule has 0 saturated carbocycles. The minimum Gasteiger partial charge on any atom is -0.297 e. The van der Waals surface area contributed by atoms with Gasteiger partial charge in [0.15, 0.2) is 0 Å². The largest absolute Gasteiger partial charge is 0.297 e. The molecule has 0 aromatic heterocycles. The van der Waals surface area contributed by atoms with Crippen molar-refractivity contribution < 1.29 is 9.59 Å². The normalized spacial score (nSPS) is 6.20. The predicted octanol–water partition coefficient (Wildman–Crippen LogP) is -2.23. The molecular weight excluding hydrogens is 136 g/mol. The van der Waals surface area contributed by atoms with E-state index < -0.39 is 0 Å². The molecular formula is C4H10N4O2. The Balaban J connectivity index is 0. The fourth-order valence-corrected chi connectivity index (χ4v) is 0.0589. The molecule has 0 saturated heterocycles. The van der Waals surface area contributed by atoms with Gasteiger partial charge in [0.05, 0.1) is 0 Å². The Bertz CT molecular complexity index is 114. The summed E-state index contributed by atoms with van der Waals surface area (Å²) in [5, 5.41) is 0. The number of carbonyl (C=O) groups excluding carboxylic acids is 2. The molecule has 6 nitrogen and oxygen atoms in total. The molecule has 0 aromatic rings. The second kappa shape index (κ2) is 10.6. The smallest absolute Gasteiger partial charge is 0.257 e. The second-order valence-electron chi connectivity index (χ2n) is 0.997. The van der Waals surface area contributed by atoms with Crippen LogP contribution < -0.4 is 22.5 Å². The number of hydrogen-bond acceptors (Lipinski definition) is 4. The van der Waals surface area contributed by atoms with E-state index in [1.54, 1.807) is 5.43 Å². The number of hydrazine groups is 2. The minimum absolute atomic E-state index is 0.366. The Morgan fingerprint density at radius 3 is 1.90 bits per heavy atom. The van der Waals surface area contributed by atoms with Crippen molar-refractivity contribution in [1.82, 2.24) is 10.9 Å². The molecule has 58 valence electrons. The number of hydrogen-bond donors (Lipinski definition) is 4. The topological polar surface area (TPSA) is 110 Å². The molecule has 10 heavy (non-hydrogen) atoms. The number of rotatable bonds is 2. The van der Waals surface area contributed by atoms with Gasteiger partial charge in [-0.15, -0.1) is 0 Å². The molecule has 0 aliphatic heterocycles. The lowest BCUT2D eigenvalue weighted by Crippen LogP contribution is -2.27. The third-order valence-corrected chi connectivity index (χ3v) is 0.396. The lowest BCUT2D eigenvalue weighted by molar-refractivity contribution is -0.116. The van der Waals surface area contributed by atoms with Gasteiger partial charge in [-0.25, -0.2) is 11.7 Å². The van der Waals surface area contributed by atoms with E-state index in [1.165, 1.54) is 0 Å². The zero-order valence-electron chi connectivity index (χ0n) is 5.33. The summed E-state index contributed by atoms with van der Waals surface area (Å²) >= 11 is 0. The molecule has 0 heterocycles. The summed E-state index contributed by atoms with van der Waals surface area (Å²) in [5.74, 6) is 8.66. The van der Waals surface area contributed by atoms with Crippen LogP contribution in [0.15, 0.2) is 12.7 Å². The number of carbonyl (C=O) groups is 2. The molecule has 0 rings (SSSR count). The highest BCUT2D eigenvalue weighted by atomic mass is 16.2.